The fourth-order valence-electron chi connectivity index (χ4n) is 2.98. The van der Waals surface area contributed by atoms with Crippen LogP contribution in [-0.4, -0.2) is 26.0 Å². The predicted octanol–water partition coefficient (Wildman–Crippen LogP) is 4.45. The highest BCUT2D eigenvalue weighted by Crippen LogP contribution is 2.22. The molecule has 31 heavy (non-hydrogen) atoms. The molecular weight excluding hydrogens is 421 g/mol. The van der Waals surface area contributed by atoms with E-state index in [1.165, 1.54) is 36.4 Å². The number of ether oxygens (including phenoxy) is 1. The quantitative estimate of drug-likeness (QED) is 0.536. The molecule has 0 saturated carbocycles. The first-order valence-electron chi connectivity index (χ1n) is 9.52. The van der Waals surface area contributed by atoms with Gasteiger partial charge in [0.1, 0.15) is 17.3 Å². The van der Waals surface area contributed by atoms with Crippen molar-refractivity contribution in [1.29, 1.82) is 0 Å². The molecule has 3 aromatic rings. The molecule has 0 amide bonds. The first-order valence-corrected chi connectivity index (χ1v) is 11.0. The molecule has 6 nitrogen and oxygen atoms in total. The van der Waals surface area contributed by atoms with Crippen molar-refractivity contribution in [2.24, 2.45) is 0 Å². The van der Waals surface area contributed by atoms with Crippen molar-refractivity contribution in [1.82, 2.24) is 4.72 Å². The SMILES string of the molecule is Cc1cc(S(=O)(=O)NCCc2ccc(Oc3ccc(F)cc3)cc2)cc(C(=O)O)c1C. The molecule has 162 valence electrons. The molecule has 3 rings (SSSR count). The largest absolute Gasteiger partial charge is 0.478 e. The number of benzene rings is 3. The van der Waals surface area contributed by atoms with E-state index >= 15 is 0 Å². The summed E-state index contributed by atoms with van der Waals surface area (Å²) in [6.45, 7) is 3.47. The summed E-state index contributed by atoms with van der Waals surface area (Å²) in [5.74, 6) is -0.422. The van der Waals surface area contributed by atoms with Crippen LogP contribution in [0, 0.1) is 19.7 Å². The second-order valence-electron chi connectivity index (χ2n) is 7.07. The molecule has 2 N–H and O–H groups in total. The summed E-state index contributed by atoms with van der Waals surface area (Å²) in [4.78, 5) is 11.3. The van der Waals surface area contributed by atoms with Gasteiger partial charge in [0.05, 0.1) is 10.5 Å². The second kappa shape index (κ2) is 9.28. The Morgan fingerprint density at radius 2 is 1.58 bits per heavy atom. The Labute approximate surface area is 180 Å². The Bertz CT molecular complexity index is 1190. The van der Waals surface area contributed by atoms with Gasteiger partial charge < -0.3 is 9.84 Å². The minimum absolute atomic E-state index is 0.0304. The summed E-state index contributed by atoms with van der Waals surface area (Å²) in [5.41, 5.74) is 1.99. The molecule has 0 aliphatic carbocycles. The van der Waals surface area contributed by atoms with Crippen molar-refractivity contribution in [2.45, 2.75) is 25.2 Å². The molecule has 0 unspecified atom stereocenters. The molecule has 0 spiro atoms. The van der Waals surface area contributed by atoms with E-state index in [1.54, 1.807) is 26.0 Å². The lowest BCUT2D eigenvalue weighted by Crippen LogP contribution is -2.26. The van der Waals surface area contributed by atoms with Gasteiger partial charge in [0.15, 0.2) is 0 Å². The van der Waals surface area contributed by atoms with Crippen molar-refractivity contribution in [3.05, 3.63) is 88.7 Å². The lowest BCUT2D eigenvalue weighted by Gasteiger charge is -2.11. The summed E-state index contributed by atoms with van der Waals surface area (Å²) in [6.07, 6.45) is 0.437. The summed E-state index contributed by atoms with van der Waals surface area (Å²) < 4.78 is 46.3. The minimum atomic E-state index is -3.85. The fraction of sp³-hybridized carbons (Fsp3) is 0.174. The van der Waals surface area contributed by atoms with Crippen LogP contribution in [0.2, 0.25) is 0 Å². The molecule has 0 aliphatic heterocycles. The lowest BCUT2D eigenvalue weighted by molar-refractivity contribution is 0.0695. The Balaban J connectivity index is 1.61. The van der Waals surface area contributed by atoms with Crippen LogP contribution in [-0.2, 0) is 16.4 Å². The maximum Gasteiger partial charge on any atom is 0.336 e. The summed E-state index contributed by atoms with van der Waals surface area (Å²) in [6, 6.07) is 15.4. The summed E-state index contributed by atoms with van der Waals surface area (Å²) >= 11 is 0. The van der Waals surface area contributed by atoms with Crippen molar-refractivity contribution in [3.8, 4) is 11.5 Å². The lowest BCUT2D eigenvalue weighted by atomic mass is 10.0. The first kappa shape index (κ1) is 22.5. The Hall–Kier alpha value is -3.23. The van der Waals surface area contributed by atoms with E-state index < -0.39 is 16.0 Å². The van der Waals surface area contributed by atoms with E-state index in [2.05, 4.69) is 4.72 Å². The van der Waals surface area contributed by atoms with E-state index in [0.29, 0.717) is 29.0 Å². The molecule has 0 aliphatic rings. The normalized spacial score (nSPS) is 11.3. The number of carboxylic acid groups (broad SMARTS) is 1. The van der Waals surface area contributed by atoms with Crippen LogP contribution in [0.4, 0.5) is 4.39 Å². The third kappa shape index (κ3) is 5.68. The maximum absolute atomic E-state index is 13.0. The van der Waals surface area contributed by atoms with Gasteiger partial charge in [0, 0.05) is 6.54 Å². The van der Waals surface area contributed by atoms with E-state index in [4.69, 9.17) is 4.74 Å². The molecule has 0 fully saturated rings. The van der Waals surface area contributed by atoms with Gasteiger partial charge in [-0.25, -0.2) is 22.3 Å². The molecule has 0 heterocycles. The number of halogens is 1. The third-order valence-corrected chi connectivity index (χ3v) is 6.30. The van der Waals surface area contributed by atoms with Crippen LogP contribution in [0.25, 0.3) is 0 Å². The van der Waals surface area contributed by atoms with Crippen LogP contribution in [0.3, 0.4) is 0 Å². The van der Waals surface area contributed by atoms with Gasteiger partial charge >= 0.3 is 5.97 Å². The van der Waals surface area contributed by atoms with Gasteiger partial charge in [0.25, 0.3) is 0 Å². The molecule has 8 heteroatoms. The second-order valence-corrected chi connectivity index (χ2v) is 8.83. The van der Waals surface area contributed by atoms with E-state index in [0.717, 1.165) is 5.56 Å². The molecule has 0 aromatic heterocycles. The van der Waals surface area contributed by atoms with Crippen LogP contribution in [0.5, 0.6) is 11.5 Å². The monoisotopic (exact) mass is 443 g/mol. The zero-order valence-electron chi connectivity index (χ0n) is 17.1. The maximum atomic E-state index is 13.0. The Morgan fingerprint density at radius 3 is 2.16 bits per heavy atom. The number of hydrogen-bond donors (Lipinski definition) is 2. The molecule has 0 bridgehead atoms. The number of aryl methyl sites for hydroxylation is 1. The van der Waals surface area contributed by atoms with Crippen LogP contribution < -0.4 is 9.46 Å². The zero-order chi connectivity index (χ0) is 22.6. The fourth-order valence-corrected chi connectivity index (χ4v) is 4.12. The van der Waals surface area contributed by atoms with E-state index in [9.17, 15) is 22.7 Å². The zero-order valence-corrected chi connectivity index (χ0v) is 17.9. The number of rotatable bonds is 8. The topological polar surface area (TPSA) is 92.7 Å². The van der Waals surface area contributed by atoms with Crippen molar-refractivity contribution in [2.75, 3.05) is 6.54 Å². The number of sulfonamides is 1. The van der Waals surface area contributed by atoms with Crippen molar-refractivity contribution in [3.63, 3.8) is 0 Å². The van der Waals surface area contributed by atoms with Crippen molar-refractivity contribution >= 4 is 16.0 Å². The molecule has 0 radical (unpaired) electrons. The highest BCUT2D eigenvalue weighted by molar-refractivity contribution is 7.89. The van der Waals surface area contributed by atoms with Gasteiger partial charge in [-0.2, -0.15) is 0 Å². The standard InChI is InChI=1S/C23H22FNO5S/c1-15-13-21(14-22(16(15)2)23(26)27)31(28,29)25-12-11-17-3-7-19(8-4-17)30-20-9-5-18(24)6-10-20/h3-10,13-14,25H,11-12H2,1-2H3,(H,26,27). The van der Waals surface area contributed by atoms with Gasteiger partial charge in [-0.15, -0.1) is 0 Å². The van der Waals surface area contributed by atoms with Gasteiger partial charge in [-0.3, -0.25) is 0 Å². The highest BCUT2D eigenvalue weighted by atomic mass is 32.2. The van der Waals surface area contributed by atoms with Gasteiger partial charge in [-0.05, 0) is 85.5 Å². The Kier molecular flexibility index (Phi) is 6.72. The van der Waals surface area contributed by atoms with Crippen molar-refractivity contribution < 1.29 is 27.4 Å². The molecule has 3 aromatic carbocycles. The Morgan fingerprint density at radius 1 is 1.00 bits per heavy atom. The van der Waals surface area contributed by atoms with Crippen LogP contribution >= 0.6 is 0 Å². The highest BCUT2D eigenvalue weighted by Gasteiger charge is 2.19. The number of carbonyl (C=O) groups is 1. The summed E-state index contributed by atoms with van der Waals surface area (Å²) in [5, 5.41) is 9.29. The number of carboxylic acids is 1. The summed E-state index contributed by atoms with van der Waals surface area (Å²) in [7, 11) is -3.85. The number of aromatic carboxylic acids is 1. The van der Waals surface area contributed by atoms with Crippen LogP contribution in [0.15, 0.2) is 65.6 Å². The average Bonchev–Trinajstić information content (AvgIpc) is 2.72. The molecule has 0 saturated heterocycles. The van der Waals surface area contributed by atoms with Gasteiger partial charge in [0.2, 0.25) is 10.0 Å². The van der Waals surface area contributed by atoms with Crippen LogP contribution in [0.1, 0.15) is 27.0 Å². The molecular formula is C23H22FNO5S. The van der Waals surface area contributed by atoms with Gasteiger partial charge in [-0.1, -0.05) is 12.1 Å². The number of nitrogens with one attached hydrogen (secondary N) is 1. The predicted molar refractivity (Wildman–Crippen MR) is 115 cm³/mol. The minimum Gasteiger partial charge on any atom is -0.478 e. The van der Waals surface area contributed by atoms with E-state index in [1.807, 2.05) is 12.1 Å². The molecule has 0 atom stereocenters. The van der Waals surface area contributed by atoms with E-state index in [-0.39, 0.29) is 22.8 Å². The third-order valence-electron chi connectivity index (χ3n) is 4.86. The average molecular weight is 443 g/mol. The smallest absolute Gasteiger partial charge is 0.336 e. The first-order chi connectivity index (χ1) is 14.7. The number of hydrogen-bond acceptors (Lipinski definition) is 4.